The highest BCUT2D eigenvalue weighted by Gasteiger charge is 2.32. The number of nitrogens with one attached hydrogen (secondary N) is 5. The van der Waals surface area contributed by atoms with Gasteiger partial charge >= 0.3 is 6.03 Å². The van der Waals surface area contributed by atoms with Crippen molar-refractivity contribution in [3.05, 3.63) is 95.6 Å². The lowest BCUT2D eigenvalue weighted by Crippen LogP contribution is -2.51. The largest absolute Gasteiger partial charge is 0.384 e. The van der Waals surface area contributed by atoms with E-state index in [1.165, 1.54) is 18.2 Å². The summed E-state index contributed by atoms with van der Waals surface area (Å²) < 4.78 is 29.8. The van der Waals surface area contributed by atoms with Crippen LogP contribution < -0.4 is 32.1 Å². The summed E-state index contributed by atoms with van der Waals surface area (Å²) >= 11 is 0. The second-order valence-corrected chi connectivity index (χ2v) is 13.5. The van der Waals surface area contributed by atoms with Crippen molar-refractivity contribution in [2.45, 2.75) is 49.6 Å². The van der Waals surface area contributed by atoms with E-state index >= 15 is 0 Å². The fraction of sp³-hybridized carbons (Fsp3) is 0.353. The van der Waals surface area contributed by atoms with Crippen molar-refractivity contribution in [3.63, 3.8) is 0 Å². The van der Waals surface area contributed by atoms with Crippen molar-refractivity contribution >= 4 is 39.4 Å². The first kappa shape index (κ1) is 36.1. The van der Waals surface area contributed by atoms with Gasteiger partial charge in [0, 0.05) is 50.4 Å². The van der Waals surface area contributed by atoms with E-state index in [9.17, 15) is 22.8 Å². The molecule has 1 aliphatic rings. The van der Waals surface area contributed by atoms with Gasteiger partial charge in [0.05, 0.1) is 4.90 Å². The molecule has 1 saturated heterocycles. The number of piperidine rings is 1. The average molecular weight is 677 g/mol. The summed E-state index contributed by atoms with van der Waals surface area (Å²) in [5.41, 5.74) is 13.5. The third-order valence-electron chi connectivity index (χ3n) is 8.13. The number of amides is 4. The van der Waals surface area contributed by atoms with Gasteiger partial charge in [-0.15, -0.1) is 0 Å². The molecule has 0 unspecified atom stereocenters. The maximum atomic E-state index is 13.9. The van der Waals surface area contributed by atoms with Crippen LogP contribution in [-0.4, -0.2) is 69.2 Å². The van der Waals surface area contributed by atoms with E-state index in [1.54, 1.807) is 35.2 Å². The molecule has 0 radical (unpaired) electrons. The summed E-state index contributed by atoms with van der Waals surface area (Å²) in [5, 5.41) is 16.2. The number of carbonyl (C=O) groups is 3. The van der Waals surface area contributed by atoms with Gasteiger partial charge in [0.25, 0.3) is 0 Å². The SMILES string of the molecule is N=C(N)c1cccc(C[C@H](NS(=O)(=O)c2cccc(NC(=O)CCN)c2)C(=O)N2CCC(CCNC(=O)NCc3ccccc3)CC2)c1. The number of rotatable bonds is 15. The molecule has 0 aromatic heterocycles. The molecule has 0 saturated carbocycles. The number of likely N-dealkylation sites (tertiary alicyclic amines) is 1. The standard InChI is InChI=1S/C34H44N8O5S/c35-16-12-31(43)40-28-10-5-11-29(22-28)48(46,47)41-30(21-26-8-4-9-27(20-26)32(36)37)33(44)42-18-14-24(15-19-42)13-17-38-34(45)39-23-25-6-2-1-3-7-25/h1-11,20,22,24,30,41H,12-19,21,23,35H2,(H3,36,37)(H,40,43)(H2,38,39,45)/t30-/m0/s1. The lowest BCUT2D eigenvalue weighted by molar-refractivity contribution is -0.134. The Balaban J connectivity index is 1.38. The number of carbonyl (C=O) groups excluding carboxylic acids is 3. The zero-order chi connectivity index (χ0) is 34.5. The Bertz CT molecular complexity index is 1680. The average Bonchev–Trinajstić information content (AvgIpc) is 3.08. The summed E-state index contributed by atoms with van der Waals surface area (Å²) in [4.78, 5) is 39.7. The number of amidine groups is 1. The quantitative estimate of drug-likeness (QED) is 0.0942. The molecule has 0 aliphatic carbocycles. The van der Waals surface area contributed by atoms with Gasteiger partial charge in [0.15, 0.2) is 0 Å². The van der Waals surface area contributed by atoms with Gasteiger partial charge in [-0.05, 0) is 67.0 Å². The minimum atomic E-state index is -4.20. The maximum absolute atomic E-state index is 13.9. The number of nitrogens with two attached hydrogens (primary N) is 2. The molecule has 0 spiro atoms. The fourth-order valence-corrected chi connectivity index (χ4v) is 6.76. The summed E-state index contributed by atoms with van der Waals surface area (Å²) in [7, 11) is -4.20. The predicted molar refractivity (Wildman–Crippen MR) is 185 cm³/mol. The Hall–Kier alpha value is -4.79. The van der Waals surface area contributed by atoms with Crippen molar-refractivity contribution < 1.29 is 22.8 Å². The lowest BCUT2D eigenvalue weighted by atomic mass is 9.93. The topological polar surface area (TPSA) is 213 Å². The number of nitrogens with zero attached hydrogens (tertiary/aromatic N) is 1. The highest BCUT2D eigenvalue weighted by Crippen LogP contribution is 2.23. The van der Waals surface area contributed by atoms with E-state index in [2.05, 4.69) is 20.7 Å². The minimum absolute atomic E-state index is 0.0358. The van der Waals surface area contributed by atoms with Crippen molar-refractivity contribution in [2.24, 2.45) is 17.4 Å². The van der Waals surface area contributed by atoms with Crippen LogP contribution in [0.4, 0.5) is 10.5 Å². The number of nitrogen functional groups attached to an aromatic ring is 1. The molecule has 1 heterocycles. The number of anilines is 1. The van der Waals surface area contributed by atoms with E-state index in [1.807, 2.05) is 30.3 Å². The van der Waals surface area contributed by atoms with E-state index in [0.717, 1.165) is 12.0 Å². The Morgan fingerprint density at radius 2 is 1.62 bits per heavy atom. The van der Waals surface area contributed by atoms with Crippen LogP contribution in [0.25, 0.3) is 0 Å². The number of sulfonamides is 1. The van der Waals surface area contributed by atoms with Gasteiger partial charge < -0.3 is 32.3 Å². The van der Waals surface area contributed by atoms with E-state index < -0.39 is 16.1 Å². The number of hydrogen-bond acceptors (Lipinski definition) is 7. The first-order valence-corrected chi connectivity index (χ1v) is 17.4. The highest BCUT2D eigenvalue weighted by molar-refractivity contribution is 7.89. The van der Waals surface area contributed by atoms with Gasteiger partial charge in [-0.2, -0.15) is 4.72 Å². The molecule has 9 N–H and O–H groups in total. The Morgan fingerprint density at radius 1 is 0.917 bits per heavy atom. The van der Waals surface area contributed by atoms with Crippen molar-refractivity contribution in [1.82, 2.24) is 20.3 Å². The molecule has 256 valence electrons. The Morgan fingerprint density at radius 3 is 2.33 bits per heavy atom. The molecule has 4 rings (SSSR count). The zero-order valence-corrected chi connectivity index (χ0v) is 27.6. The Kier molecular flexibility index (Phi) is 13.1. The van der Waals surface area contributed by atoms with E-state index in [-0.39, 0.29) is 48.0 Å². The van der Waals surface area contributed by atoms with Crippen LogP contribution in [0.2, 0.25) is 0 Å². The maximum Gasteiger partial charge on any atom is 0.315 e. The third kappa shape index (κ3) is 10.9. The third-order valence-corrected chi connectivity index (χ3v) is 9.60. The first-order valence-electron chi connectivity index (χ1n) is 15.9. The first-order chi connectivity index (χ1) is 23.0. The molecule has 1 fully saturated rings. The molecule has 3 aromatic carbocycles. The molecule has 1 atom stereocenters. The van der Waals surface area contributed by atoms with Crippen LogP contribution in [0.1, 0.15) is 42.4 Å². The fourth-order valence-electron chi connectivity index (χ4n) is 5.52. The Labute approximate surface area is 281 Å². The van der Waals surface area contributed by atoms with E-state index in [4.69, 9.17) is 16.9 Å². The van der Waals surface area contributed by atoms with E-state index in [0.29, 0.717) is 61.8 Å². The summed E-state index contributed by atoms with van der Waals surface area (Å²) in [6.45, 7) is 1.98. The summed E-state index contributed by atoms with van der Waals surface area (Å²) in [6, 6.07) is 20.9. The number of benzene rings is 3. The smallest absolute Gasteiger partial charge is 0.315 e. The molecule has 14 heteroatoms. The van der Waals surface area contributed by atoms with Gasteiger partial charge in [0.2, 0.25) is 21.8 Å². The zero-order valence-electron chi connectivity index (χ0n) is 26.8. The van der Waals surface area contributed by atoms with Crippen molar-refractivity contribution in [1.29, 1.82) is 5.41 Å². The van der Waals surface area contributed by atoms with Crippen LogP contribution in [0.3, 0.4) is 0 Å². The molecular formula is C34H44N8O5S. The lowest BCUT2D eigenvalue weighted by Gasteiger charge is -2.34. The van der Waals surface area contributed by atoms with Crippen LogP contribution in [0, 0.1) is 11.3 Å². The molecule has 1 aliphatic heterocycles. The molecule has 48 heavy (non-hydrogen) atoms. The second-order valence-electron chi connectivity index (χ2n) is 11.8. The number of urea groups is 1. The molecular weight excluding hydrogens is 632 g/mol. The molecule has 0 bridgehead atoms. The van der Waals surface area contributed by atoms with Gasteiger partial charge in [0.1, 0.15) is 11.9 Å². The van der Waals surface area contributed by atoms with Gasteiger partial charge in [-0.3, -0.25) is 15.0 Å². The van der Waals surface area contributed by atoms with Crippen molar-refractivity contribution in [2.75, 3.05) is 31.5 Å². The normalized spacial score (nSPS) is 14.1. The summed E-state index contributed by atoms with van der Waals surface area (Å²) in [6.07, 6.45) is 2.30. The molecule has 4 amide bonds. The molecule has 13 nitrogen and oxygen atoms in total. The monoisotopic (exact) mass is 676 g/mol. The second kappa shape index (κ2) is 17.4. The number of hydrogen-bond donors (Lipinski definition) is 7. The summed E-state index contributed by atoms with van der Waals surface area (Å²) in [5.74, 6) is -0.554. The van der Waals surface area contributed by atoms with Crippen LogP contribution >= 0.6 is 0 Å². The minimum Gasteiger partial charge on any atom is -0.384 e. The van der Waals surface area contributed by atoms with Crippen LogP contribution in [0.5, 0.6) is 0 Å². The molecule has 3 aromatic rings. The van der Waals surface area contributed by atoms with Crippen LogP contribution in [-0.2, 0) is 32.6 Å². The van der Waals surface area contributed by atoms with Crippen molar-refractivity contribution in [3.8, 4) is 0 Å². The predicted octanol–water partition coefficient (Wildman–Crippen LogP) is 2.28. The van der Waals surface area contributed by atoms with Gasteiger partial charge in [-0.25, -0.2) is 13.2 Å². The van der Waals surface area contributed by atoms with Crippen LogP contribution in [0.15, 0.2) is 83.8 Å². The highest BCUT2D eigenvalue weighted by atomic mass is 32.2. The van der Waals surface area contributed by atoms with Gasteiger partial charge in [-0.1, -0.05) is 54.6 Å².